The van der Waals surface area contributed by atoms with Crippen molar-refractivity contribution < 1.29 is 14.7 Å². The third-order valence-electron chi connectivity index (χ3n) is 4.84. The van der Waals surface area contributed by atoms with E-state index in [-0.39, 0.29) is 23.7 Å². The van der Waals surface area contributed by atoms with E-state index in [2.05, 4.69) is 4.90 Å². The van der Waals surface area contributed by atoms with Gasteiger partial charge in [0.15, 0.2) is 0 Å². The summed E-state index contributed by atoms with van der Waals surface area (Å²) in [6, 6.07) is 0. The van der Waals surface area contributed by atoms with E-state index in [0.717, 1.165) is 32.6 Å². The summed E-state index contributed by atoms with van der Waals surface area (Å²) in [5.74, 6) is -1.41. The average molecular weight is 264 g/mol. The number of carbonyl (C=O) groups excluding carboxylic acids is 1. The van der Waals surface area contributed by atoms with Gasteiger partial charge in [0.2, 0.25) is 5.91 Å². The minimum absolute atomic E-state index is 0.0531. The first-order valence-electron chi connectivity index (χ1n) is 6.96. The van der Waals surface area contributed by atoms with E-state index < -0.39 is 11.9 Å². The molecule has 4 atom stereocenters. The van der Waals surface area contributed by atoms with Crippen LogP contribution in [0.5, 0.6) is 0 Å². The van der Waals surface area contributed by atoms with Gasteiger partial charge in [-0.3, -0.25) is 9.59 Å². The maximum absolute atomic E-state index is 12.6. The van der Waals surface area contributed by atoms with Crippen LogP contribution in [-0.4, -0.2) is 60.0 Å². The molecule has 1 amide bonds. The van der Waals surface area contributed by atoms with Gasteiger partial charge < -0.3 is 14.9 Å². The molecule has 3 rings (SSSR count). The van der Waals surface area contributed by atoms with Gasteiger partial charge in [-0.1, -0.05) is 12.2 Å². The molecule has 0 unspecified atom stereocenters. The van der Waals surface area contributed by atoms with E-state index in [1.165, 1.54) is 0 Å². The van der Waals surface area contributed by atoms with Crippen molar-refractivity contribution in [3.05, 3.63) is 12.2 Å². The zero-order chi connectivity index (χ0) is 13.6. The van der Waals surface area contributed by atoms with Gasteiger partial charge in [-0.25, -0.2) is 0 Å². The molecule has 0 spiro atoms. The van der Waals surface area contributed by atoms with Crippen LogP contribution in [0.2, 0.25) is 0 Å². The van der Waals surface area contributed by atoms with Crippen LogP contribution in [-0.2, 0) is 9.59 Å². The van der Waals surface area contributed by atoms with Crippen molar-refractivity contribution in [1.29, 1.82) is 0 Å². The summed E-state index contributed by atoms with van der Waals surface area (Å²) in [5.41, 5.74) is 0. The predicted octanol–water partition coefficient (Wildman–Crippen LogP) is 0.283. The van der Waals surface area contributed by atoms with Crippen molar-refractivity contribution in [3.63, 3.8) is 0 Å². The fraction of sp³-hybridized carbons (Fsp3) is 0.714. The van der Waals surface area contributed by atoms with E-state index in [9.17, 15) is 14.7 Å². The van der Waals surface area contributed by atoms with Crippen LogP contribution in [0, 0.1) is 23.7 Å². The molecule has 2 fully saturated rings. The number of carboxylic acid groups (broad SMARTS) is 1. The first-order chi connectivity index (χ1) is 9.08. The SMILES string of the molecule is CN1CCN(C(=O)[C@@H]2[C@@H](C(=O)O)[C@@H]3C=C[C@H]2C3)CC1. The minimum atomic E-state index is -0.815. The summed E-state index contributed by atoms with van der Waals surface area (Å²) in [4.78, 5) is 28.1. The molecule has 0 aromatic carbocycles. The molecule has 0 aromatic rings. The van der Waals surface area contributed by atoms with Gasteiger partial charge in [-0.05, 0) is 25.3 Å². The molecule has 1 saturated carbocycles. The van der Waals surface area contributed by atoms with Gasteiger partial charge in [-0.2, -0.15) is 0 Å². The third kappa shape index (κ3) is 2.06. The minimum Gasteiger partial charge on any atom is -0.481 e. The van der Waals surface area contributed by atoms with Gasteiger partial charge in [-0.15, -0.1) is 0 Å². The monoisotopic (exact) mass is 264 g/mol. The lowest BCUT2D eigenvalue weighted by Gasteiger charge is -2.36. The molecule has 19 heavy (non-hydrogen) atoms. The lowest BCUT2D eigenvalue weighted by molar-refractivity contribution is -0.151. The fourth-order valence-electron chi connectivity index (χ4n) is 3.73. The van der Waals surface area contributed by atoms with Gasteiger partial charge in [0, 0.05) is 26.2 Å². The molecule has 1 aliphatic heterocycles. The van der Waals surface area contributed by atoms with Crippen LogP contribution in [0.3, 0.4) is 0 Å². The average Bonchev–Trinajstić information content (AvgIpc) is 2.98. The Morgan fingerprint density at radius 2 is 1.63 bits per heavy atom. The normalized spacial score (nSPS) is 37.8. The Morgan fingerprint density at radius 3 is 2.21 bits per heavy atom. The van der Waals surface area contributed by atoms with Crippen LogP contribution in [0.25, 0.3) is 0 Å². The molecule has 104 valence electrons. The van der Waals surface area contributed by atoms with Gasteiger partial charge in [0.1, 0.15) is 0 Å². The van der Waals surface area contributed by atoms with E-state index >= 15 is 0 Å². The number of fused-ring (bicyclic) bond motifs is 2. The summed E-state index contributed by atoms with van der Waals surface area (Å²) < 4.78 is 0. The number of amides is 1. The maximum Gasteiger partial charge on any atom is 0.307 e. The molecule has 2 bridgehead atoms. The van der Waals surface area contributed by atoms with Crippen LogP contribution in [0.4, 0.5) is 0 Å². The summed E-state index contributed by atoms with van der Waals surface area (Å²) >= 11 is 0. The highest BCUT2D eigenvalue weighted by Gasteiger charge is 2.52. The van der Waals surface area contributed by atoms with Crippen molar-refractivity contribution >= 4 is 11.9 Å². The first kappa shape index (κ1) is 12.7. The Labute approximate surface area is 112 Å². The van der Waals surface area contributed by atoms with Crippen molar-refractivity contribution in [2.45, 2.75) is 6.42 Å². The van der Waals surface area contributed by atoms with Crippen LogP contribution in [0.15, 0.2) is 12.2 Å². The molecule has 0 aromatic heterocycles. The molecule has 5 heteroatoms. The molecule has 1 N–H and O–H groups in total. The zero-order valence-corrected chi connectivity index (χ0v) is 11.2. The number of hydrogen-bond acceptors (Lipinski definition) is 3. The topological polar surface area (TPSA) is 60.9 Å². The molecule has 2 aliphatic carbocycles. The number of carbonyl (C=O) groups is 2. The predicted molar refractivity (Wildman–Crippen MR) is 69.4 cm³/mol. The van der Waals surface area contributed by atoms with Crippen LogP contribution < -0.4 is 0 Å². The molecule has 3 aliphatic rings. The maximum atomic E-state index is 12.6. The van der Waals surface area contributed by atoms with Crippen LogP contribution >= 0.6 is 0 Å². The smallest absolute Gasteiger partial charge is 0.307 e. The van der Waals surface area contributed by atoms with Crippen molar-refractivity contribution in [3.8, 4) is 0 Å². The molecular formula is C14H20N2O3. The second kappa shape index (κ2) is 4.63. The molecular weight excluding hydrogens is 244 g/mol. The highest BCUT2D eigenvalue weighted by Crippen LogP contribution is 2.48. The number of nitrogens with zero attached hydrogens (tertiary/aromatic N) is 2. The number of carboxylic acids is 1. The van der Waals surface area contributed by atoms with Gasteiger partial charge in [0.05, 0.1) is 11.8 Å². The largest absolute Gasteiger partial charge is 0.481 e. The summed E-state index contributed by atoms with van der Waals surface area (Å²) in [7, 11) is 2.04. The van der Waals surface area contributed by atoms with E-state index in [0.29, 0.717) is 0 Å². The standard InChI is InChI=1S/C14H20N2O3/c1-15-4-6-16(7-5-15)13(17)11-9-2-3-10(8-9)12(11)14(18)19/h2-3,9-12H,4-8H2,1H3,(H,18,19)/t9-,10+,11-,12-/m0/s1. The molecule has 1 saturated heterocycles. The third-order valence-corrected chi connectivity index (χ3v) is 4.84. The molecule has 0 radical (unpaired) electrons. The van der Waals surface area contributed by atoms with E-state index in [1.54, 1.807) is 0 Å². The second-order valence-electron chi connectivity index (χ2n) is 5.97. The highest BCUT2D eigenvalue weighted by molar-refractivity contribution is 5.87. The molecule has 1 heterocycles. The lowest BCUT2D eigenvalue weighted by atomic mass is 9.82. The Balaban J connectivity index is 1.75. The van der Waals surface area contributed by atoms with Gasteiger partial charge in [0.25, 0.3) is 0 Å². The van der Waals surface area contributed by atoms with Crippen LogP contribution in [0.1, 0.15) is 6.42 Å². The fourth-order valence-corrected chi connectivity index (χ4v) is 3.73. The number of allylic oxidation sites excluding steroid dienone is 2. The number of rotatable bonds is 2. The van der Waals surface area contributed by atoms with Crippen molar-refractivity contribution in [2.24, 2.45) is 23.7 Å². The first-order valence-corrected chi connectivity index (χ1v) is 6.96. The van der Waals surface area contributed by atoms with Gasteiger partial charge >= 0.3 is 5.97 Å². The molecule has 5 nitrogen and oxygen atoms in total. The van der Waals surface area contributed by atoms with E-state index in [4.69, 9.17) is 0 Å². The Hall–Kier alpha value is -1.36. The zero-order valence-electron chi connectivity index (χ0n) is 11.2. The Morgan fingerprint density at radius 1 is 1.05 bits per heavy atom. The Kier molecular flexibility index (Phi) is 3.09. The van der Waals surface area contributed by atoms with Crippen molar-refractivity contribution in [1.82, 2.24) is 9.80 Å². The van der Waals surface area contributed by atoms with E-state index in [1.807, 2.05) is 24.1 Å². The highest BCUT2D eigenvalue weighted by atomic mass is 16.4. The number of aliphatic carboxylic acids is 1. The number of piperazine rings is 1. The number of likely N-dealkylation sites (N-methyl/N-ethyl adjacent to an activating group) is 1. The second-order valence-corrected chi connectivity index (χ2v) is 5.97. The summed E-state index contributed by atoms with van der Waals surface area (Å²) in [6.07, 6.45) is 4.86. The lowest BCUT2D eigenvalue weighted by Crippen LogP contribution is -2.51. The quantitative estimate of drug-likeness (QED) is 0.728. The summed E-state index contributed by atoms with van der Waals surface area (Å²) in [6.45, 7) is 3.19. The summed E-state index contributed by atoms with van der Waals surface area (Å²) in [5, 5.41) is 9.38. The van der Waals surface area contributed by atoms with Crippen molar-refractivity contribution in [2.75, 3.05) is 33.2 Å². The number of hydrogen-bond donors (Lipinski definition) is 1. The Bertz CT molecular complexity index is 426.